The number of aromatic hydroxyl groups is 2. The zero-order valence-corrected chi connectivity index (χ0v) is 11.2. The first-order valence-corrected chi connectivity index (χ1v) is 6.23. The van der Waals surface area contributed by atoms with Crippen molar-refractivity contribution in [2.75, 3.05) is 7.11 Å². The first-order valence-electron chi connectivity index (χ1n) is 6.23. The second-order valence-electron chi connectivity index (χ2n) is 4.55. The second kappa shape index (κ2) is 4.86. The molecule has 0 radical (unpaired) electrons. The molecular formula is C16H12O5. The first-order chi connectivity index (χ1) is 10.1. The van der Waals surface area contributed by atoms with Gasteiger partial charge in [-0.05, 0) is 29.3 Å². The number of phenolic OH excluding ortho intramolecular Hbond substituents is 2. The molecule has 0 amide bonds. The maximum atomic E-state index is 11.7. The third-order valence-electron chi connectivity index (χ3n) is 3.22. The average Bonchev–Trinajstić information content (AvgIpc) is 2.47. The minimum atomic E-state index is -0.502. The van der Waals surface area contributed by atoms with Crippen molar-refractivity contribution in [2.24, 2.45) is 0 Å². The lowest BCUT2D eigenvalue weighted by atomic mass is 10.0. The fourth-order valence-corrected chi connectivity index (χ4v) is 2.22. The summed E-state index contributed by atoms with van der Waals surface area (Å²) in [6, 6.07) is 10.7. The Bertz CT molecular complexity index is 862. The molecule has 3 aromatic rings. The Morgan fingerprint density at radius 3 is 2.43 bits per heavy atom. The molecule has 0 bridgehead atoms. The van der Waals surface area contributed by atoms with Crippen LogP contribution in [0.1, 0.15) is 0 Å². The number of fused-ring (bicyclic) bond motifs is 1. The highest BCUT2D eigenvalue weighted by Gasteiger charge is 2.12. The lowest BCUT2D eigenvalue weighted by molar-refractivity contribution is 0.373. The van der Waals surface area contributed by atoms with Gasteiger partial charge in [0.1, 0.15) is 11.3 Å². The SMILES string of the molecule is COc1cc2oc(=O)cc(-c3ccc(O)cc3)c2cc1O. The summed E-state index contributed by atoms with van der Waals surface area (Å²) in [5.74, 6) is 0.322. The molecule has 5 nitrogen and oxygen atoms in total. The quantitative estimate of drug-likeness (QED) is 0.707. The molecule has 106 valence electrons. The summed E-state index contributed by atoms with van der Waals surface area (Å²) in [5.41, 5.74) is 1.16. The maximum absolute atomic E-state index is 11.7. The summed E-state index contributed by atoms with van der Waals surface area (Å²) in [6.45, 7) is 0. The molecule has 2 N–H and O–H groups in total. The van der Waals surface area contributed by atoms with Crippen LogP contribution in [0.5, 0.6) is 17.2 Å². The van der Waals surface area contributed by atoms with Crippen LogP contribution in [0.15, 0.2) is 51.7 Å². The summed E-state index contributed by atoms with van der Waals surface area (Å²) in [5, 5.41) is 19.8. The van der Waals surface area contributed by atoms with Crippen molar-refractivity contribution in [3.05, 3.63) is 52.9 Å². The predicted octanol–water partition coefficient (Wildman–Crippen LogP) is 2.88. The van der Waals surface area contributed by atoms with E-state index in [2.05, 4.69) is 0 Å². The smallest absolute Gasteiger partial charge is 0.336 e. The summed E-state index contributed by atoms with van der Waals surface area (Å²) in [6.07, 6.45) is 0. The maximum Gasteiger partial charge on any atom is 0.336 e. The fourth-order valence-electron chi connectivity index (χ4n) is 2.22. The van der Waals surface area contributed by atoms with Crippen LogP contribution in [0, 0.1) is 0 Å². The molecule has 5 heteroatoms. The molecule has 0 saturated carbocycles. The Balaban J connectivity index is 2.34. The molecule has 3 rings (SSSR count). The van der Waals surface area contributed by atoms with Gasteiger partial charge in [0.05, 0.1) is 7.11 Å². The molecule has 0 aliphatic carbocycles. The van der Waals surface area contributed by atoms with Gasteiger partial charge in [0.2, 0.25) is 0 Å². The van der Waals surface area contributed by atoms with Crippen molar-refractivity contribution in [2.45, 2.75) is 0 Å². The molecule has 0 fully saturated rings. The minimum absolute atomic E-state index is 0.0427. The first kappa shape index (κ1) is 13.1. The molecule has 0 unspecified atom stereocenters. The number of benzene rings is 2. The normalized spacial score (nSPS) is 10.7. The molecule has 0 spiro atoms. The van der Waals surface area contributed by atoms with E-state index < -0.39 is 5.63 Å². The zero-order valence-electron chi connectivity index (χ0n) is 11.2. The molecular weight excluding hydrogens is 272 g/mol. The Morgan fingerprint density at radius 2 is 1.76 bits per heavy atom. The van der Waals surface area contributed by atoms with Crippen LogP contribution < -0.4 is 10.4 Å². The van der Waals surface area contributed by atoms with Gasteiger partial charge in [0, 0.05) is 17.5 Å². The van der Waals surface area contributed by atoms with Crippen LogP contribution in [0.3, 0.4) is 0 Å². The Kier molecular flexibility index (Phi) is 3.02. The van der Waals surface area contributed by atoms with Crippen molar-refractivity contribution < 1.29 is 19.4 Å². The summed E-state index contributed by atoms with van der Waals surface area (Å²) in [7, 11) is 1.42. The molecule has 1 heterocycles. The van der Waals surface area contributed by atoms with E-state index in [0.29, 0.717) is 16.5 Å². The number of hydrogen-bond acceptors (Lipinski definition) is 5. The van der Waals surface area contributed by atoms with Gasteiger partial charge in [0.25, 0.3) is 0 Å². The number of methoxy groups -OCH3 is 1. The molecule has 1 aromatic heterocycles. The van der Waals surface area contributed by atoms with Gasteiger partial charge in [-0.3, -0.25) is 0 Å². The Morgan fingerprint density at radius 1 is 1.05 bits per heavy atom. The van der Waals surface area contributed by atoms with E-state index in [1.807, 2.05) is 0 Å². The van der Waals surface area contributed by atoms with Gasteiger partial charge in [-0.15, -0.1) is 0 Å². The number of rotatable bonds is 2. The highest BCUT2D eigenvalue weighted by Crippen LogP contribution is 2.35. The van der Waals surface area contributed by atoms with Gasteiger partial charge in [0.15, 0.2) is 11.5 Å². The van der Waals surface area contributed by atoms with Crippen LogP contribution in [0.4, 0.5) is 0 Å². The van der Waals surface area contributed by atoms with E-state index in [4.69, 9.17) is 9.15 Å². The van der Waals surface area contributed by atoms with Gasteiger partial charge >= 0.3 is 5.63 Å². The van der Waals surface area contributed by atoms with E-state index in [0.717, 1.165) is 5.56 Å². The molecule has 0 aliphatic heterocycles. The molecule has 0 saturated heterocycles. The van der Waals surface area contributed by atoms with E-state index in [1.54, 1.807) is 12.1 Å². The Labute approximate surface area is 119 Å². The number of phenols is 2. The van der Waals surface area contributed by atoms with Gasteiger partial charge in [-0.1, -0.05) is 12.1 Å². The summed E-state index contributed by atoms with van der Waals surface area (Å²) < 4.78 is 10.2. The summed E-state index contributed by atoms with van der Waals surface area (Å²) in [4.78, 5) is 11.7. The van der Waals surface area contributed by atoms with Gasteiger partial charge in [-0.25, -0.2) is 4.79 Å². The number of ether oxygens (including phenoxy) is 1. The lowest BCUT2D eigenvalue weighted by Crippen LogP contribution is -1.98. The van der Waals surface area contributed by atoms with Crippen LogP contribution in [0.25, 0.3) is 22.1 Å². The summed E-state index contributed by atoms with van der Waals surface area (Å²) >= 11 is 0. The highest BCUT2D eigenvalue weighted by molar-refractivity contribution is 5.95. The van der Waals surface area contributed by atoms with Crippen LogP contribution in [-0.2, 0) is 0 Å². The molecule has 0 atom stereocenters. The second-order valence-corrected chi connectivity index (χ2v) is 4.55. The van der Waals surface area contributed by atoms with E-state index in [-0.39, 0.29) is 17.2 Å². The molecule has 0 aliphatic rings. The van der Waals surface area contributed by atoms with Crippen LogP contribution >= 0.6 is 0 Å². The number of hydrogen-bond donors (Lipinski definition) is 2. The lowest BCUT2D eigenvalue weighted by Gasteiger charge is -2.09. The van der Waals surface area contributed by atoms with Crippen molar-refractivity contribution in [1.82, 2.24) is 0 Å². The van der Waals surface area contributed by atoms with E-state index >= 15 is 0 Å². The standard InChI is InChI=1S/C16H12O5/c1-20-15-8-14-12(6-13(15)18)11(7-16(19)21-14)9-2-4-10(17)5-3-9/h2-8,17-18H,1H3. The monoisotopic (exact) mass is 284 g/mol. The predicted molar refractivity (Wildman–Crippen MR) is 77.8 cm³/mol. The molecule has 2 aromatic carbocycles. The third-order valence-corrected chi connectivity index (χ3v) is 3.22. The fraction of sp³-hybridized carbons (Fsp3) is 0.0625. The highest BCUT2D eigenvalue weighted by atomic mass is 16.5. The minimum Gasteiger partial charge on any atom is -0.508 e. The third kappa shape index (κ3) is 2.29. The van der Waals surface area contributed by atoms with Crippen molar-refractivity contribution in [1.29, 1.82) is 0 Å². The van der Waals surface area contributed by atoms with Crippen LogP contribution in [0.2, 0.25) is 0 Å². The van der Waals surface area contributed by atoms with Crippen molar-refractivity contribution in [3.8, 4) is 28.4 Å². The van der Waals surface area contributed by atoms with Gasteiger partial charge in [-0.2, -0.15) is 0 Å². The zero-order chi connectivity index (χ0) is 15.0. The Hall–Kier alpha value is -2.95. The van der Waals surface area contributed by atoms with Crippen molar-refractivity contribution in [3.63, 3.8) is 0 Å². The van der Waals surface area contributed by atoms with E-state index in [1.165, 1.54) is 37.4 Å². The topological polar surface area (TPSA) is 79.9 Å². The largest absolute Gasteiger partial charge is 0.508 e. The van der Waals surface area contributed by atoms with E-state index in [9.17, 15) is 15.0 Å². The van der Waals surface area contributed by atoms with Gasteiger partial charge < -0.3 is 19.4 Å². The molecule has 21 heavy (non-hydrogen) atoms. The van der Waals surface area contributed by atoms with Crippen molar-refractivity contribution >= 4 is 11.0 Å². The average molecular weight is 284 g/mol. The van der Waals surface area contributed by atoms with Crippen LogP contribution in [-0.4, -0.2) is 17.3 Å².